The van der Waals surface area contributed by atoms with Gasteiger partial charge in [0.25, 0.3) is 0 Å². The predicted octanol–water partition coefficient (Wildman–Crippen LogP) is 1.71. The summed E-state index contributed by atoms with van der Waals surface area (Å²) < 4.78 is 0. The van der Waals surface area contributed by atoms with Crippen LogP contribution in [-0.4, -0.2) is 43.0 Å². The van der Waals surface area contributed by atoms with Crippen LogP contribution in [0.2, 0.25) is 0 Å². The van der Waals surface area contributed by atoms with Gasteiger partial charge in [0.1, 0.15) is 0 Å². The van der Waals surface area contributed by atoms with Crippen LogP contribution in [0.1, 0.15) is 31.2 Å². The average Bonchev–Trinajstić information content (AvgIpc) is 2.49. The van der Waals surface area contributed by atoms with Gasteiger partial charge in [-0.25, -0.2) is 4.79 Å². The van der Waals surface area contributed by atoms with Crippen LogP contribution in [0.5, 0.6) is 0 Å². The maximum atomic E-state index is 11.7. The Bertz CT molecular complexity index is 468. The van der Waals surface area contributed by atoms with Crippen molar-refractivity contribution in [3.63, 3.8) is 0 Å². The summed E-state index contributed by atoms with van der Waals surface area (Å²) in [5.41, 5.74) is 1.38. The summed E-state index contributed by atoms with van der Waals surface area (Å²) in [6.45, 7) is 4.41. The van der Waals surface area contributed by atoms with Gasteiger partial charge in [0, 0.05) is 6.54 Å². The number of likely N-dealkylation sites (tertiary alicyclic amines) is 1. The van der Waals surface area contributed by atoms with Crippen molar-refractivity contribution in [3.8, 4) is 0 Å². The molecule has 114 valence electrons. The van der Waals surface area contributed by atoms with E-state index in [1.165, 1.54) is 5.56 Å². The molecule has 1 heterocycles. The van der Waals surface area contributed by atoms with Crippen LogP contribution in [0.4, 0.5) is 4.79 Å². The van der Waals surface area contributed by atoms with E-state index in [1.54, 1.807) is 0 Å². The molecule has 5 nitrogen and oxygen atoms in total. The first-order chi connectivity index (χ1) is 10.2. The molecule has 1 aliphatic heterocycles. The van der Waals surface area contributed by atoms with Crippen molar-refractivity contribution in [2.75, 3.05) is 26.2 Å². The minimum Gasteiger partial charge on any atom is -0.338 e. The summed E-state index contributed by atoms with van der Waals surface area (Å²) in [7, 11) is 0. The Morgan fingerprint density at radius 3 is 2.48 bits per heavy atom. The smallest absolute Gasteiger partial charge is 0.321 e. The summed E-state index contributed by atoms with van der Waals surface area (Å²) in [4.78, 5) is 25.1. The Hall–Kier alpha value is -1.88. The minimum absolute atomic E-state index is 0.237. The van der Waals surface area contributed by atoms with E-state index < -0.39 is 6.03 Å². The Morgan fingerprint density at radius 1 is 1.19 bits per heavy atom. The van der Waals surface area contributed by atoms with Gasteiger partial charge in [-0.1, -0.05) is 30.3 Å². The molecular weight excluding hydrogens is 266 g/mol. The van der Waals surface area contributed by atoms with E-state index in [0.717, 1.165) is 25.9 Å². The first-order valence-corrected chi connectivity index (χ1v) is 7.54. The third-order valence-corrected chi connectivity index (χ3v) is 3.82. The number of urea groups is 1. The number of amides is 3. The summed E-state index contributed by atoms with van der Waals surface area (Å²) in [6, 6.07) is 10.1. The number of rotatable bonds is 4. The maximum Gasteiger partial charge on any atom is 0.321 e. The Morgan fingerprint density at radius 2 is 1.86 bits per heavy atom. The molecule has 1 aliphatic rings. The molecule has 0 atom stereocenters. The zero-order chi connectivity index (χ0) is 15.1. The quantitative estimate of drug-likeness (QED) is 0.887. The number of hydrogen-bond donors (Lipinski definition) is 2. The molecule has 5 heteroatoms. The van der Waals surface area contributed by atoms with Gasteiger partial charge in [-0.3, -0.25) is 15.0 Å². The zero-order valence-electron chi connectivity index (χ0n) is 12.5. The molecule has 0 saturated carbocycles. The number of nitrogens with one attached hydrogen (secondary N) is 2. The lowest BCUT2D eigenvalue weighted by Gasteiger charge is -2.31. The highest BCUT2D eigenvalue weighted by Gasteiger charge is 2.22. The fraction of sp³-hybridized carbons (Fsp3) is 0.500. The predicted molar refractivity (Wildman–Crippen MR) is 82.1 cm³/mol. The van der Waals surface area contributed by atoms with Gasteiger partial charge in [0.05, 0.1) is 6.54 Å². The van der Waals surface area contributed by atoms with E-state index in [-0.39, 0.29) is 5.91 Å². The fourth-order valence-electron chi connectivity index (χ4n) is 2.72. The van der Waals surface area contributed by atoms with Crippen LogP contribution >= 0.6 is 0 Å². The Kier molecular flexibility index (Phi) is 5.75. The lowest BCUT2D eigenvalue weighted by atomic mass is 9.89. The molecule has 0 radical (unpaired) electrons. The molecule has 0 unspecified atom stereocenters. The van der Waals surface area contributed by atoms with Gasteiger partial charge in [-0.2, -0.15) is 0 Å². The second kappa shape index (κ2) is 7.78. The van der Waals surface area contributed by atoms with Crippen molar-refractivity contribution in [2.45, 2.75) is 25.7 Å². The number of nitrogens with zero attached hydrogens (tertiary/aromatic N) is 1. The van der Waals surface area contributed by atoms with E-state index >= 15 is 0 Å². The summed E-state index contributed by atoms with van der Waals surface area (Å²) in [5, 5.41) is 4.89. The normalized spacial score (nSPS) is 16.4. The first kappa shape index (κ1) is 15.5. The Balaban J connectivity index is 1.74. The number of hydrogen-bond acceptors (Lipinski definition) is 3. The monoisotopic (exact) mass is 289 g/mol. The topological polar surface area (TPSA) is 61.4 Å². The van der Waals surface area contributed by atoms with Crippen molar-refractivity contribution < 1.29 is 9.59 Å². The van der Waals surface area contributed by atoms with Crippen molar-refractivity contribution in [2.24, 2.45) is 0 Å². The highest BCUT2D eigenvalue weighted by Crippen LogP contribution is 2.27. The molecular formula is C16H23N3O2. The maximum absolute atomic E-state index is 11.7. The van der Waals surface area contributed by atoms with Gasteiger partial charge < -0.3 is 5.32 Å². The number of carbonyl (C=O) groups is 2. The summed E-state index contributed by atoms with van der Waals surface area (Å²) >= 11 is 0. The molecule has 1 fully saturated rings. The lowest BCUT2D eigenvalue weighted by molar-refractivity contribution is -0.121. The first-order valence-electron chi connectivity index (χ1n) is 7.54. The third kappa shape index (κ3) is 4.86. The molecule has 0 spiro atoms. The average molecular weight is 289 g/mol. The molecule has 0 aromatic heterocycles. The largest absolute Gasteiger partial charge is 0.338 e. The van der Waals surface area contributed by atoms with Crippen LogP contribution in [-0.2, 0) is 4.79 Å². The second-order valence-electron chi connectivity index (χ2n) is 5.37. The molecule has 3 amide bonds. The third-order valence-electron chi connectivity index (χ3n) is 3.82. The van der Waals surface area contributed by atoms with Gasteiger partial charge >= 0.3 is 6.03 Å². The van der Waals surface area contributed by atoms with Crippen molar-refractivity contribution in [1.29, 1.82) is 0 Å². The van der Waals surface area contributed by atoms with Gasteiger partial charge in [-0.05, 0) is 44.3 Å². The van der Waals surface area contributed by atoms with E-state index in [4.69, 9.17) is 0 Å². The Labute approximate surface area is 125 Å². The van der Waals surface area contributed by atoms with E-state index in [2.05, 4.69) is 39.8 Å². The zero-order valence-corrected chi connectivity index (χ0v) is 12.5. The van der Waals surface area contributed by atoms with Crippen LogP contribution in [0.15, 0.2) is 30.3 Å². The van der Waals surface area contributed by atoms with E-state index in [0.29, 0.717) is 19.0 Å². The van der Waals surface area contributed by atoms with Crippen molar-refractivity contribution >= 4 is 11.9 Å². The summed E-state index contributed by atoms with van der Waals surface area (Å²) in [5.74, 6) is 0.341. The number of carbonyl (C=O) groups excluding carboxylic acids is 2. The standard InChI is InChI=1S/C16H23N3O2/c1-2-17-16(21)18-15(20)12-19-10-8-14(9-11-19)13-6-4-3-5-7-13/h3-7,14H,2,8-12H2,1H3,(H2,17,18,20,21). The molecule has 1 aromatic carbocycles. The van der Waals surface area contributed by atoms with E-state index in [1.807, 2.05) is 13.0 Å². The van der Waals surface area contributed by atoms with Crippen LogP contribution in [0, 0.1) is 0 Å². The second-order valence-corrected chi connectivity index (χ2v) is 5.37. The van der Waals surface area contributed by atoms with Crippen LogP contribution in [0.3, 0.4) is 0 Å². The SMILES string of the molecule is CCNC(=O)NC(=O)CN1CCC(c2ccccc2)CC1. The minimum atomic E-state index is -0.415. The van der Waals surface area contributed by atoms with Crippen LogP contribution in [0.25, 0.3) is 0 Å². The molecule has 1 aromatic rings. The molecule has 21 heavy (non-hydrogen) atoms. The fourth-order valence-corrected chi connectivity index (χ4v) is 2.72. The molecule has 2 N–H and O–H groups in total. The van der Waals surface area contributed by atoms with Crippen molar-refractivity contribution in [3.05, 3.63) is 35.9 Å². The van der Waals surface area contributed by atoms with E-state index in [9.17, 15) is 9.59 Å². The molecule has 2 rings (SSSR count). The molecule has 0 aliphatic carbocycles. The lowest BCUT2D eigenvalue weighted by Crippen LogP contribution is -2.46. The number of benzene rings is 1. The molecule has 1 saturated heterocycles. The number of piperidine rings is 1. The molecule has 0 bridgehead atoms. The van der Waals surface area contributed by atoms with Crippen molar-refractivity contribution in [1.82, 2.24) is 15.5 Å². The van der Waals surface area contributed by atoms with Gasteiger partial charge in [0.2, 0.25) is 5.91 Å². The van der Waals surface area contributed by atoms with Gasteiger partial charge in [0.15, 0.2) is 0 Å². The number of imide groups is 1. The highest BCUT2D eigenvalue weighted by molar-refractivity contribution is 5.95. The van der Waals surface area contributed by atoms with Gasteiger partial charge in [-0.15, -0.1) is 0 Å². The summed E-state index contributed by atoms with van der Waals surface area (Å²) in [6.07, 6.45) is 2.11. The van der Waals surface area contributed by atoms with Crippen LogP contribution < -0.4 is 10.6 Å². The highest BCUT2D eigenvalue weighted by atomic mass is 16.2.